The Kier molecular flexibility index (Phi) is 5.06. The molecule has 2 atom stereocenters. The van der Waals surface area contributed by atoms with E-state index >= 15 is 0 Å². The number of nitrogens with zero attached hydrogens (tertiary/aromatic N) is 1. The Bertz CT molecular complexity index is 721. The number of sulfonamides is 1. The summed E-state index contributed by atoms with van der Waals surface area (Å²) in [7, 11) is -3.56. The number of halogens is 1. The smallest absolute Gasteiger partial charge is 0.315 e. The number of amides is 2. The highest BCUT2D eigenvalue weighted by molar-refractivity contribution is 7.92. The average Bonchev–Trinajstić information content (AvgIpc) is 2.46. The second-order valence-electron chi connectivity index (χ2n) is 5.60. The van der Waals surface area contributed by atoms with Crippen LogP contribution in [-0.2, 0) is 10.0 Å². The summed E-state index contributed by atoms with van der Waals surface area (Å²) < 4.78 is 39.2. The standard InChI is InChI=1S/C15H20FN3O3S/c1-3-23(21,22)18-12-6-7-19(15(17)20)14(9-12)13-5-4-11(16)8-10(13)2/h3-5,8,12,14,18H,1,6-7,9H2,2H3,(H2,17,20). The lowest BCUT2D eigenvalue weighted by molar-refractivity contribution is 0.148. The summed E-state index contributed by atoms with van der Waals surface area (Å²) >= 11 is 0. The number of hydrogen-bond donors (Lipinski definition) is 2. The van der Waals surface area contributed by atoms with Gasteiger partial charge in [0.1, 0.15) is 5.82 Å². The molecule has 1 saturated heterocycles. The number of primary amides is 1. The molecule has 0 radical (unpaired) electrons. The number of rotatable bonds is 4. The van der Waals surface area contributed by atoms with Gasteiger partial charge in [0, 0.05) is 18.0 Å². The number of nitrogens with two attached hydrogens (primary N) is 1. The number of benzene rings is 1. The number of hydrogen-bond acceptors (Lipinski definition) is 3. The number of urea groups is 1. The van der Waals surface area contributed by atoms with Gasteiger partial charge in [0.15, 0.2) is 0 Å². The van der Waals surface area contributed by atoms with Crippen molar-refractivity contribution in [3.05, 3.63) is 47.1 Å². The van der Waals surface area contributed by atoms with Crippen molar-refractivity contribution in [3.63, 3.8) is 0 Å². The highest BCUT2D eigenvalue weighted by atomic mass is 32.2. The molecule has 8 heteroatoms. The maximum absolute atomic E-state index is 13.3. The molecule has 0 spiro atoms. The van der Waals surface area contributed by atoms with E-state index in [-0.39, 0.29) is 11.9 Å². The topological polar surface area (TPSA) is 92.5 Å². The normalized spacial score (nSPS) is 21.9. The van der Waals surface area contributed by atoms with E-state index in [1.807, 2.05) is 0 Å². The molecule has 1 aliphatic rings. The Morgan fingerprint density at radius 2 is 2.22 bits per heavy atom. The molecule has 1 heterocycles. The fraction of sp³-hybridized carbons (Fsp3) is 0.400. The molecule has 23 heavy (non-hydrogen) atoms. The molecular weight excluding hydrogens is 321 g/mol. The maximum atomic E-state index is 13.3. The summed E-state index contributed by atoms with van der Waals surface area (Å²) in [5.41, 5.74) is 6.88. The van der Waals surface area contributed by atoms with Gasteiger partial charge >= 0.3 is 6.03 Å². The zero-order chi connectivity index (χ0) is 17.2. The van der Waals surface area contributed by atoms with Crippen molar-refractivity contribution in [1.29, 1.82) is 0 Å². The van der Waals surface area contributed by atoms with E-state index in [1.54, 1.807) is 13.0 Å². The van der Waals surface area contributed by atoms with E-state index < -0.39 is 22.1 Å². The molecule has 0 saturated carbocycles. The van der Waals surface area contributed by atoms with Crippen LogP contribution in [-0.4, -0.2) is 31.9 Å². The molecule has 3 N–H and O–H groups in total. The summed E-state index contributed by atoms with van der Waals surface area (Å²) in [6.07, 6.45) is 0.815. The number of likely N-dealkylation sites (tertiary alicyclic amines) is 1. The zero-order valence-corrected chi connectivity index (χ0v) is 13.6. The Morgan fingerprint density at radius 1 is 1.52 bits per heavy atom. The van der Waals surface area contributed by atoms with E-state index in [9.17, 15) is 17.6 Å². The third-order valence-electron chi connectivity index (χ3n) is 4.03. The van der Waals surface area contributed by atoms with Gasteiger partial charge in [-0.05, 0) is 43.0 Å². The largest absolute Gasteiger partial charge is 0.351 e. The average molecular weight is 341 g/mol. The van der Waals surface area contributed by atoms with Gasteiger partial charge in [0.2, 0.25) is 10.0 Å². The van der Waals surface area contributed by atoms with Crippen LogP contribution in [0.15, 0.2) is 30.2 Å². The molecule has 1 aromatic carbocycles. The van der Waals surface area contributed by atoms with Crippen LogP contribution >= 0.6 is 0 Å². The number of piperidine rings is 1. The second-order valence-corrected chi connectivity index (χ2v) is 7.26. The Hall–Kier alpha value is -1.93. The molecule has 126 valence electrons. The Balaban J connectivity index is 2.30. The van der Waals surface area contributed by atoms with Gasteiger partial charge in [-0.2, -0.15) is 0 Å². The summed E-state index contributed by atoms with van der Waals surface area (Å²) in [4.78, 5) is 13.2. The lowest BCUT2D eigenvalue weighted by Gasteiger charge is -2.39. The first-order chi connectivity index (χ1) is 10.7. The first-order valence-corrected chi connectivity index (χ1v) is 8.75. The van der Waals surface area contributed by atoms with Crippen LogP contribution in [0.4, 0.5) is 9.18 Å². The minimum absolute atomic E-state index is 0.321. The van der Waals surface area contributed by atoms with E-state index in [1.165, 1.54) is 17.0 Å². The summed E-state index contributed by atoms with van der Waals surface area (Å²) in [6.45, 7) is 5.33. The van der Waals surface area contributed by atoms with E-state index in [0.717, 1.165) is 11.0 Å². The van der Waals surface area contributed by atoms with E-state index in [0.29, 0.717) is 24.9 Å². The summed E-state index contributed by atoms with van der Waals surface area (Å²) in [5.74, 6) is -0.364. The lowest BCUT2D eigenvalue weighted by atomic mass is 9.90. The van der Waals surface area contributed by atoms with Gasteiger partial charge in [0.05, 0.1) is 6.04 Å². The van der Waals surface area contributed by atoms with Crippen molar-refractivity contribution in [2.24, 2.45) is 5.73 Å². The predicted octanol–water partition coefficient (Wildman–Crippen LogP) is 1.78. The molecule has 1 fully saturated rings. The van der Waals surface area contributed by atoms with Crippen molar-refractivity contribution in [2.45, 2.75) is 31.8 Å². The van der Waals surface area contributed by atoms with Crippen LogP contribution < -0.4 is 10.5 Å². The second kappa shape index (κ2) is 6.67. The summed E-state index contributed by atoms with van der Waals surface area (Å²) in [5, 5.41) is 0.853. The van der Waals surface area contributed by atoms with E-state index in [4.69, 9.17) is 5.73 Å². The molecule has 2 rings (SSSR count). The lowest BCUT2D eigenvalue weighted by Crippen LogP contribution is -2.49. The van der Waals surface area contributed by atoms with Gasteiger partial charge in [-0.15, -0.1) is 0 Å². The zero-order valence-electron chi connectivity index (χ0n) is 12.8. The summed E-state index contributed by atoms with van der Waals surface area (Å²) in [6, 6.07) is 2.98. The van der Waals surface area contributed by atoms with Crippen molar-refractivity contribution >= 4 is 16.1 Å². The van der Waals surface area contributed by atoms with Crippen molar-refractivity contribution in [1.82, 2.24) is 9.62 Å². The van der Waals surface area contributed by atoms with Gasteiger partial charge in [-0.3, -0.25) is 0 Å². The molecule has 2 amide bonds. The SMILES string of the molecule is C=CS(=O)(=O)NC1CCN(C(N)=O)C(c2ccc(F)cc2C)C1. The molecule has 6 nitrogen and oxygen atoms in total. The predicted molar refractivity (Wildman–Crippen MR) is 85.4 cm³/mol. The monoisotopic (exact) mass is 341 g/mol. The first kappa shape index (κ1) is 17.4. The quantitative estimate of drug-likeness (QED) is 0.874. The molecule has 1 aliphatic heterocycles. The number of aryl methyl sites for hydroxylation is 1. The van der Waals surface area contributed by atoms with Crippen LogP contribution in [0.5, 0.6) is 0 Å². The number of nitrogens with one attached hydrogen (secondary N) is 1. The molecule has 0 aromatic heterocycles. The van der Waals surface area contributed by atoms with Gasteiger partial charge < -0.3 is 10.6 Å². The van der Waals surface area contributed by atoms with Gasteiger partial charge in [-0.1, -0.05) is 12.6 Å². The van der Waals surface area contributed by atoms with Crippen LogP contribution in [0.1, 0.15) is 30.0 Å². The third kappa shape index (κ3) is 4.08. The van der Waals surface area contributed by atoms with Crippen LogP contribution in [0.25, 0.3) is 0 Å². The highest BCUT2D eigenvalue weighted by Gasteiger charge is 2.33. The minimum atomic E-state index is -3.56. The molecule has 0 aliphatic carbocycles. The van der Waals surface area contributed by atoms with Crippen molar-refractivity contribution in [2.75, 3.05) is 6.54 Å². The third-order valence-corrected chi connectivity index (χ3v) is 5.13. The van der Waals surface area contributed by atoms with Crippen molar-refractivity contribution < 1.29 is 17.6 Å². The Morgan fingerprint density at radius 3 is 2.78 bits per heavy atom. The van der Waals surface area contributed by atoms with Gasteiger partial charge in [0.25, 0.3) is 0 Å². The molecule has 1 aromatic rings. The van der Waals surface area contributed by atoms with E-state index in [2.05, 4.69) is 11.3 Å². The molecular formula is C15H20FN3O3S. The first-order valence-electron chi connectivity index (χ1n) is 7.20. The number of carbonyl (C=O) groups is 1. The van der Waals surface area contributed by atoms with Crippen LogP contribution in [0, 0.1) is 12.7 Å². The highest BCUT2D eigenvalue weighted by Crippen LogP contribution is 2.33. The fourth-order valence-electron chi connectivity index (χ4n) is 2.92. The van der Waals surface area contributed by atoms with Crippen molar-refractivity contribution in [3.8, 4) is 0 Å². The van der Waals surface area contributed by atoms with Crippen LogP contribution in [0.3, 0.4) is 0 Å². The molecule has 2 unspecified atom stereocenters. The minimum Gasteiger partial charge on any atom is -0.351 e. The fourth-order valence-corrected chi connectivity index (χ4v) is 3.70. The number of carbonyl (C=O) groups excluding carboxylic acids is 1. The maximum Gasteiger partial charge on any atom is 0.315 e. The Labute approximate surface area is 135 Å². The molecule has 0 bridgehead atoms. The van der Waals surface area contributed by atoms with Gasteiger partial charge in [-0.25, -0.2) is 22.3 Å². The van der Waals surface area contributed by atoms with Crippen LogP contribution in [0.2, 0.25) is 0 Å².